The third-order valence-corrected chi connectivity index (χ3v) is 0.604. The quantitative estimate of drug-likeness (QED) is 0.335. The molecule has 0 saturated carbocycles. The third-order valence-electron chi connectivity index (χ3n) is 0.272. The Balaban J connectivity index is 2.94. The van der Waals surface area contributed by atoms with Crippen LogP contribution in [0.2, 0.25) is 0 Å². The van der Waals surface area contributed by atoms with E-state index in [9.17, 15) is 0 Å². The zero-order chi connectivity index (χ0) is 4.83. The Kier molecular flexibility index (Phi) is 5.65. The Morgan fingerprint density at radius 1 is 1.83 bits per heavy atom. The second-order valence-corrected chi connectivity index (χ2v) is 1.25. The van der Waals surface area contributed by atoms with Crippen LogP contribution in [0.15, 0.2) is 4.30 Å². The monoisotopic (exact) mass is 95.0 g/mol. The summed E-state index contributed by atoms with van der Waals surface area (Å²) in [5.74, 6) is 0. The van der Waals surface area contributed by atoms with E-state index in [1.807, 2.05) is 6.26 Å². The van der Waals surface area contributed by atoms with E-state index in [0.29, 0.717) is 0 Å². The second-order valence-electron chi connectivity index (χ2n) is 0.673. The first-order chi connectivity index (χ1) is 2.91. The zero-order valence-corrected chi connectivity index (χ0v) is 4.53. The van der Waals surface area contributed by atoms with Crippen molar-refractivity contribution < 1.29 is 0 Å². The Morgan fingerprint density at radius 2 is 2.50 bits per heavy atom. The van der Waals surface area contributed by atoms with Gasteiger partial charge in [-0.15, -0.1) is 0 Å². The molecule has 0 N–H and O–H groups in total. The van der Waals surface area contributed by atoms with Gasteiger partial charge in [0.25, 0.3) is 0 Å². The van der Waals surface area contributed by atoms with Crippen LogP contribution in [0.5, 0.6) is 0 Å². The van der Waals surface area contributed by atoms with Crippen molar-refractivity contribution in [2.75, 3.05) is 6.26 Å². The molecule has 5 heteroatoms. The molecule has 0 spiro atoms. The van der Waals surface area contributed by atoms with Crippen molar-refractivity contribution in [3.8, 4) is 0 Å². The SMILES string of the molecule is B=BB=NSC. The summed E-state index contributed by atoms with van der Waals surface area (Å²) < 4.78 is 3.76. The minimum absolute atomic E-state index is 1.42. The molecule has 0 aromatic heterocycles. The van der Waals surface area contributed by atoms with E-state index in [1.54, 1.807) is 13.7 Å². The molecule has 0 aromatic carbocycles. The first-order valence-electron chi connectivity index (χ1n) is 1.59. The predicted octanol–water partition coefficient (Wildman–Crippen LogP) is -0.413. The molecule has 0 fully saturated rings. The van der Waals surface area contributed by atoms with Gasteiger partial charge in [-0.05, 0) is 0 Å². The van der Waals surface area contributed by atoms with Crippen LogP contribution in [0.4, 0.5) is 0 Å². The van der Waals surface area contributed by atoms with E-state index in [1.165, 1.54) is 11.9 Å². The Hall–Kier alpha value is 0.345. The molecule has 0 atom stereocenters. The topological polar surface area (TPSA) is 12.4 Å². The first-order valence-corrected chi connectivity index (χ1v) is 2.77. The number of rotatable bonds is 2. The van der Waals surface area contributed by atoms with Crippen LogP contribution in [0.25, 0.3) is 0 Å². The summed E-state index contributed by atoms with van der Waals surface area (Å²) in [6, 6.07) is 0. The van der Waals surface area contributed by atoms with E-state index < -0.39 is 0 Å². The molecule has 6 heavy (non-hydrogen) atoms. The third kappa shape index (κ3) is 4.34. The van der Waals surface area contributed by atoms with E-state index in [4.69, 9.17) is 0 Å². The number of hydrogen-bond donors (Lipinski definition) is 0. The maximum atomic E-state index is 3.76. The number of hydrogen-bond acceptors (Lipinski definition) is 2. The van der Waals surface area contributed by atoms with Crippen molar-refractivity contribution in [1.82, 2.24) is 0 Å². The van der Waals surface area contributed by atoms with E-state index >= 15 is 0 Å². The normalized spacial score (nSPS) is 7.33. The molecule has 0 bridgehead atoms. The molecule has 0 saturated heterocycles. The minimum atomic E-state index is 1.42. The Bertz CT molecular complexity index is 61.8. The van der Waals surface area contributed by atoms with Gasteiger partial charge in [-0.1, -0.05) is 0 Å². The van der Waals surface area contributed by atoms with Crippen LogP contribution in [-0.2, 0) is 0 Å². The zero-order valence-electron chi connectivity index (χ0n) is 3.72. The Labute approximate surface area is 44.3 Å². The first kappa shape index (κ1) is 6.34. The fraction of sp³-hybridized carbons (Fsp3) is 1.00. The predicted molar refractivity (Wildman–Crippen MR) is 34.6 cm³/mol. The van der Waals surface area contributed by atoms with Crippen LogP contribution in [0, 0.1) is 0 Å². The van der Waals surface area contributed by atoms with Gasteiger partial charge < -0.3 is 0 Å². The maximum absolute atomic E-state index is 3.76. The molecule has 0 aliphatic carbocycles. The van der Waals surface area contributed by atoms with Crippen LogP contribution in [0.1, 0.15) is 0 Å². The molecule has 0 rings (SSSR count). The van der Waals surface area contributed by atoms with Crippen LogP contribution in [0.3, 0.4) is 0 Å². The van der Waals surface area contributed by atoms with Gasteiger partial charge in [-0.2, -0.15) is 0 Å². The summed E-state index contributed by atoms with van der Waals surface area (Å²) in [5.41, 5.74) is 0. The van der Waals surface area contributed by atoms with Crippen molar-refractivity contribution in [2.45, 2.75) is 0 Å². The average Bonchev–Trinajstić information content (AvgIpc) is 1.61. The molecule has 0 amide bonds. The van der Waals surface area contributed by atoms with Crippen molar-refractivity contribution >= 4 is 33.0 Å². The van der Waals surface area contributed by atoms with Crippen molar-refractivity contribution in [3.63, 3.8) is 0 Å². The molecular weight excluding hydrogens is 90.5 g/mol. The molecule has 0 aliphatic rings. The van der Waals surface area contributed by atoms with E-state index in [-0.39, 0.29) is 0 Å². The molecule has 1 nitrogen and oxygen atoms in total. The van der Waals surface area contributed by atoms with Gasteiger partial charge in [0.05, 0.1) is 0 Å². The summed E-state index contributed by atoms with van der Waals surface area (Å²) in [4.78, 5) is 0. The van der Waals surface area contributed by atoms with Crippen molar-refractivity contribution in [1.29, 1.82) is 0 Å². The van der Waals surface area contributed by atoms with Crippen molar-refractivity contribution in [2.24, 2.45) is 4.30 Å². The van der Waals surface area contributed by atoms with Gasteiger partial charge in [0, 0.05) is 0 Å². The van der Waals surface area contributed by atoms with Crippen LogP contribution >= 0.6 is 11.9 Å². The van der Waals surface area contributed by atoms with Gasteiger partial charge in [0.2, 0.25) is 0 Å². The van der Waals surface area contributed by atoms with Gasteiger partial charge in [-0.25, -0.2) is 0 Å². The fourth-order valence-electron chi connectivity index (χ4n) is 0.104. The van der Waals surface area contributed by atoms with Gasteiger partial charge in [0.15, 0.2) is 0 Å². The van der Waals surface area contributed by atoms with Gasteiger partial charge >= 0.3 is 43.5 Å². The number of nitrogens with zero attached hydrogens (tertiary/aromatic N) is 1. The van der Waals surface area contributed by atoms with Crippen LogP contribution < -0.4 is 0 Å². The molecule has 0 unspecified atom stereocenters. The molecule has 0 aromatic rings. The van der Waals surface area contributed by atoms with E-state index in [2.05, 4.69) is 11.7 Å². The second kappa shape index (κ2) is 5.34. The molecule has 0 heterocycles. The fourth-order valence-corrected chi connectivity index (χ4v) is 0.312. The molecule has 0 radical (unpaired) electrons. The van der Waals surface area contributed by atoms with Crippen LogP contribution in [-0.4, -0.2) is 27.3 Å². The molecule has 0 aliphatic heterocycles. The standard InChI is InChI=1S/CH4B3NS/c1-6-5-4-3-2/h2H,1H3. The summed E-state index contributed by atoms with van der Waals surface area (Å²) in [5, 5.41) is 0. The average molecular weight is 94.6 g/mol. The summed E-state index contributed by atoms with van der Waals surface area (Å²) in [6.45, 7) is 3.31. The molecule has 28 valence electrons. The summed E-state index contributed by atoms with van der Waals surface area (Å²) in [6.07, 6.45) is 1.90. The van der Waals surface area contributed by atoms with E-state index in [0.717, 1.165) is 0 Å². The van der Waals surface area contributed by atoms with Gasteiger partial charge in [0.1, 0.15) is 0 Å². The summed E-state index contributed by atoms with van der Waals surface area (Å²) in [7, 11) is 3.44. The van der Waals surface area contributed by atoms with Gasteiger partial charge in [-0.3, -0.25) is 0 Å². The van der Waals surface area contributed by atoms with Crippen molar-refractivity contribution in [3.05, 3.63) is 0 Å². The molecular formula is CH4B3NS. The summed E-state index contributed by atoms with van der Waals surface area (Å²) >= 11 is 1.42. The Morgan fingerprint density at radius 3 is 2.67 bits per heavy atom.